The quantitative estimate of drug-likeness (QED) is 0.825. The molecule has 0 aliphatic rings. The van der Waals surface area contributed by atoms with Gasteiger partial charge in [0.1, 0.15) is 0 Å². The zero-order chi connectivity index (χ0) is 10.7. The first-order valence-corrected chi connectivity index (χ1v) is 5.76. The third-order valence-electron chi connectivity index (χ3n) is 2.00. The first kappa shape index (κ1) is 10.4. The zero-order valence-corrected chi connectivity index (χ0v) is 9.46. The fraction of sp³-hybridized carbons (Fsp3) is 0.200. The molecule has 0 unspecified atom stereocenters. The maximum Gasteiger partial charge on any atom is 0.347 e. The zero-order valence-electron chi connectivity index (χ0n) is 7.89. The van der Waals surface area contributed by atoms with Crippen molar-refractivity contribution in [3.63, 3.8) is 0 Å². The Hall–Kier alpha value is -1.13. The predicted molar refractivity (Wildman–Crippen MR) is 61.5 cm³/mol. The molecule has 78 valence electrons. The Balaban J connectivity index is 2.11. The Labute approximate surface area is 96.0 Å². The van der Waals surface area contributed by atoms with Crippen molar-refractivity contribution in [2.45, 2.75) is 13.0 Å². The van der Waals surface area contributed by atoms with Crippen molar-refractivity contribution in [3.05, 3.63) is 50.3 Å². The number of aryl methyl sites for hydroxylation is 2. The van der Waals surface area contributed by atoms with Crippen LogP contribution in [0.1, 0.15) is 4.88 Å². The Morgan fingerprint density at radius 1 is 1.53 bits per heavy atom. The Morgan fingerprint density at radius 3 is 3.13 bits per heavy atom. The summed E-state index contributed by atoms with van der Waals surface area (Å²) in [6.45, 7) is 0.618. The van der Waals surface area contributed by atoms with Crippen molar-refractivity contribution in [1.29, 1.82) is 0 Å². The van der Waals surface area contributed by atoms with E-state index in [1.165, 1.54) is 15.6 Å². The van der Waals surface area contributed by atoms with E-state index in [4.69, 9.17) is 11.6 Å². The highest BCUT2D eigenvalue weighted by molar-refractivity contribution is 7.09. The van der Waals surface area contributed by atoms with Gasteiger partial charge in [-0.3, -0.25) is 4.57 Å². The molecule has 0 atom stereocenters. The van der Waals surface area contributed by atoms with Crippen LogP contribution >= 0.6 is 22.9 Å². The van der Waals surface area contributed by atoms with Gasteiger partial charge in [-0.2, -0.15) is 0 Å². The van der Waals surface area contributed by atoms with E-state index in [-0.39, 0.29) is 5.69 Å². The van der Waals surface area contributed by atoms with Gasteiger partial charge in [-0.1, -0.05) is 17.7 Å². The molecule has 15 heavy (non-hydrogen) atoms. The van der Waals surface area contributed by atoms with Crippen molar-refractivity contribution in [3.8, 4) is 0 Å². The summed E-state index contributed by atoms with van der Waals surface area (Å²) in [7, 11) is 0. The monoisotopic (exact) mass is 240 g/mol. The van der Waals surface area contributed by atoms with Crippen LogP contribution in [0.5, 0.6) is 0 Å². The van der Waals surface area contributed by atoms with Crippen molar-refractivity contribution in [2.24, 2.45) is 0 Å². The Bertz CT molecular complexity index is 492. The molecular weight excluding hydrogens is 232 g/mol. The summed E-state index contributed by atoms with van der Waals surface area (Å²) in [4.78, 5) is 16.2. The van der Waals surface area contributed by atoms with E-state index in [9.17, 15) is 4.79 Å². The first-order chi connectivity index (χ1) is 7.25. The lowest BCUT2D eigenvalue weighted by atomic mass is 10.3. The Kier molecular flexibility index (Phi) is 3.18. The van der Waals surface area contributed by atoms with Gasteiger partial charge in [0.15, 0.2) is 0 Å². The molecule has 0 aliphatic heterocycles. The van der Waals surface area contributed by atoms with Gasteiger partial charge < -0.3 is 0 Å². The third kappa shape index (κ3) is 2.67. The van der Waals surface area contributed by atoms with E-state index in [0.717, 1.165) is 6.42 Å². The van der Waals surface area contributed by atoms with Crippen molar-refractivity contribution >= 4 is 22.9 Å². The summed E-state index contributed by atoms with van der Waals surface area (Å²) in [6.07, 6.45) is 3.82. The molecule has 0 aromatic carbocycles. The van der Waals surface area contributed by atoms with Crippen molar-refractivity contribution < 1.29 is 0 Å². The summed E-state index contributed by atoms with van der Waals surface area (Å²) in [6, 6.07) is 4.05. The van der Waals surface area contributed by atoms with E-state index in [2.05, 4.69) is 4.98 Å². The predicted octanol–water partition coefficient (Wildman–Crippen LogP) is 2.20. The summed E-state index contributed by atoms with van der Waals surface area (Å²) < 4.78 is 1.53. The fourth-order valence-corrected chi connectivity index (χ4v) is 2.14. The number of nitrogens with zero attached hydrogens (tertiary/aromatic N) is 2. The number of hydrogen-bond acceptors (Lipinski definition) is 3. The second kappa shape index (κ2) is 4.59. The minimum absolute atomic E-state index is 0.254. The van der Waals surface area contributed by atoms with Gasteiger partial charge in [0.05, 0.1) is 11.2 Å². The van der Waals surface area contributed by atoms with E-state index in [0.29, 0.717) is 11.6 Å². The maximum atomic E-state index is 11.3. The largest absolute Gasteiger partial charge is 0.347 e. The molecule has 0 radical (unpaired) electrons. The maximum absolute atomic E-state index is 11.3. The molecular formula is C10H9ClN2OS. The molecule has 0 aliphatic carbocycles. The van der Waals surface area contributed by atoms with Crippen LogP contribution in [0.4, 0.5) is 0 Å². The minimum Gasteiger partial charge on any atom is -0.297 e. The fourth-order valence-electron chi connectivity index (χ4n) is 1.27. The molecule has 0 fully saturated rings. The Morgan fingerprint density at radius 2 is 2.40 bits per heavy atom. The van der Waals surface area contributed by atoms with Gasteiger partial charge in [-0.05, 0) is 17.9 Å². The lowest BCUT2D eigenvalue weighted by molar-refractivity contribution is 0.653. The molecule has 0 amide bonds. The van der Waals surface area contributed by atoms with Crippen LogP contribution in [0.3, 0.4) is 0 Å². The highest BCUT2D eigenvalue weighted by Crippen LogP contribution is 2.10. The summed E-state index contributed by atoms with van der Waals surface area (Å²) in [5, 5.41) is 2.51. The van der Waals surface area contributed by atoms with E-state index in [1.54, 1.807) is 17.5 Å². The normalized spacial score (nSPS) is 10.5. The number of aromatic nitrogens is 2. The van der Waals surface area contributed by atoms with Crippen LogP contribution < -0.4 is 5.69 Å². The molecule has 2 rings (SSSR count). The number of hydrogen-bond donors (Lipinski definition) is 0. The van der Waals surface area contributed by atoms with Gasteiger partial charge in [0.2, 0.25) is 0 Å². The molecule has 2 aromatic heterocycles. The number of halogens is 1. The van der Waals surface area contributed by atoms with E-state index < -0.39 is 0 Å². The molecule has 0 saturated heterocycles. The molecule has 2 aromatic rings. The standard InChI is InChI=1S/C10H9ClN2OS/c11-8-6-12-10(14)13(7-8)4-3-9-2-1-5-15-9/h1-2,5-7H,3-4H2. The van der Waals surface area contributed by atoms with Crippen molar-refractivity contribution in [1.82, 2.24) is 9.55 Å². The highest BCUT2D eigenvalue weighted by atomic mass is 35.5. The molecule has 0 bridgehead atoms. The summed E-state index contributed by atoms with van der Waals surface area (Å²) in [5.41, 5.74) is -0.254. The SMILES string of the molecule is O=c1ncc(Cl)cn1CCc1cccs1. The van der Waals surface area contributed by atoms with E-state index >= 15 is 0 Å². The van der Waals surface area contributed by atoms with Gasteiger partial charge in [-0.15, -0.1) is 11.3 Å². The van der Waals surface area contributed by atoms with Crippen LogP contribution in [0.25, 0.3) is 0 Å². The topological polar surface area (TPSA) is 34.9 Å². The van der Waals surface area contributed by atoms with Gasteiger partial charge in [0.25, 0.3) is 0 Å². The van der Waals surface area contributed by atoms with Crippen LogP contribution in [0.15, 0.2) is 34.7 Å². The molecule has 2 heterocycles. The second-order valence-electron chi connectivity index (χ2n) is 3.08. The molecule has 5 heteroatoms. The number of rotatable bonds is 3. The van der Waals surface area contributed by atoms with Crippen LogP contribution in [-0.2, 0) is 13.0 Å². The van der Waals surface area contributed by atoms with Crippen LogP contribution in [-0.4, -0.2) is 9.55 Å². The van der Waals surface area contributed by atoms with Gasteiger partial charge in [-0.25, -0.2) is 9.78 Å². The van der Waals surface area contributed by atoms with Crippen LogP contribution in [0, 0.1) is 0 Å². The lowest BCUT2D eigenvalue weighted by Gasteiger charge is -2.03. The highest BCUT2D eigenvalue weighted by Gasteiger charge is 1.99. The summed E-state index contributed by atoms with van der Waals surface area (Å²) in [5.74, 6) is 0. The number of thiophene rings is 1. The van der Waals surface area contributed by atoms with E-state index in [1.807, 2.05) is 17.5 Å². The second-order valence-corrected chi connectivity index (χ2v) is 4.55. The van der Waals surface area contributed by atoms with Gasteiger partial charge in [0, 0.05) is 17.6 Å². The molecule has 0 spiro atoms. The lowest BCUT2D eigenvalue weighted by Crippen LogP contribution is -2.22. The summed E-state index contributed by atoms with van der Waals surface area (Å²) >= 11 is 7.44. The third-order valence-corrected chi connectivity index (χ3v) is 3.13. The average Bonchev–Trinajstić information content (AvgIpc) is 2.72. The average molecular weight is 241 g/mol. The smallest absolute Gasteiger partial charge is 0.297 e. The van der Waals surface area contributed by atoms with Crippen molar-refractivity contribution in [2.75, 3.05) is 0 Å². The van der Waals surface area contributed by atoms with Crippen LogP contribution in [0.2, 0.25) is 5.02 Å². The molecule has 0 saturated carbocycles. The minimum atomic E-state index is -0.254. The van der Waals surface area contributed by atoms with Gasteiger partial charge >= 0.3 is 5.69 Å². The molecule has 0 N–H and O–H groups in total. The first-order valence-electron chi connectivity index (χ1n) is 4.50. The molecule has 3 nitrogen and oxygen atoms in total.